The zero-order valence-electron chi connectivity index (χ0n) is 13.2. The third-order valence-corrected chi connectivity index (χ3v) is 3.76. The Labute approximate surface area is 146 Å². The van der Waals surface area contributed by atoms with E-state index >= 15 is 0 Å². The number of aromatic carboxylic acids is 3. The second-order valence-electron chi connectivity index (χ2n) is 5.42. The molecule has 3 aromatic carbocycles. The van der Waals surface area contributed by atoms with Gasteiger partial charge in [-0.1, -0.05) is 24.3 Å². The van der Waals surface area contributed by atoms with Crippen LogP contribution in [-0.4, -0.2) is 33.2 Å². The fourth-order valence-corrected chi connectivity index (χ4v) is 2.55. The third kappa shape index (κ3) is 3.18. The van der Waals surface area contributed by atoms with Crippen molar-refractivity contribution in [1.82, 2.24) is 0 Å². The van der Waals surface area contributed by atoms with Gasteiger partial charge in [0.05, 0.1) is 11.1 Å². The topological polar surface area (TPSA) is 121 Å². The Morgan fingerprint density at radius 2 is 1.23 bits per heavy atom. The Bertz CT molecular complexity index is 1050. The van der Waals surface area contributed by atoms with E-state index in [4.69, 9.17) is 9.84 Å². The largest absolute Gasteiger partial charge is 0.478 e. The average molecular weight is 352 g/mol. The highest BCUT2D eigenvalue weighted by molar-refractivity contribution is 6.02. The van der Waals surface area contributed by atoms with Crippen molar-refractivity contribution in [3.63, 3.8) is 0 Å². The maximum absolute atomic E-state index is 11.5. The van der Waals surface area contributed by atoms with Crippen molar-refractivity contribution in [2.45, 2.75) is 0 Å². The van der Waals surface area contributed by atoms with Gasteiger partial charge in [0.1, 0.15) is 17.1 Å². The fraction of sp³-hybridized carbons (Fsp3) is 0. The maximum atomic E-state index is 11.5. The Morgan fingerprint density at radius 3 is 1.81 bits per heavy atom. The molecule has 0 fully saturated rings. The number of ether oxygens (including phenoxy) is 1. The van der Waals surface area contributed by atoms with Gasteiger partial charge >= 0.3 is 17.9 Å². The van der Waals surface area contributed by atoms with Crippen LogP contribution in [0.15, 0.2) is 54.6 Å². The summed E-state index contributed by atoms with van der Waals surface area (Å²) in [6.07, 6.45) is 0. The molecule has 0 aliphatic carbocycles. The van der Waals surface area contributed by atoms with Crippen LogP contribution >= 0.6 is 0 Å². The molecule has 0 saturated carbocycles. The van der Waals surface area contributed by atoms with E-state index in [2.05, 4.69) is 0 Å². The lowest BCUT2D eigenvalue weighted by atomic mass is 10.1. The van der Waals surface area contributed by atoms with Crippen molar-refractivity contribution in [2.24, 2.45) is 0 Å². The van der Waals surface area contributed by atoms with Crippen LogP contribution < -0.4 is 4.74 Å². The summed E-state index contributed by atoms with van der Waals surface area (Å²) in [4.78, 5) is 33.9. The first kappa shape index (κ1) is 17.0. The molecule has 0 radical (unpaired) electrons. The van der Waals surface area contributed by atoms with Crippen LogP contribution in [0.3, 0.4) is 0 Å². The van der Waals surface area contributed by atoms with E-state index in [-0.39, 0.29) is 22.6 Å². The summed E-state index contributed by atoms with van der Waals surface area (Å²) in [5.74, 6) is -3.97. The molecule has 0 saturated heterocycles. The molecule has 7 nitrogen and oxygen atoms in total. The van der Waals surface area contributed by atoms with Crippen LogP contribution in [0.5, 0.6) is 11.5 Å². The minimum absolute atomic E-state index is 0.0187. The molecule has 7 heteroatoms. The second kappa shape index (κ2) is 6.56. The standard InChI is InChI=1S/C19H12O7/c20-17(21)13-6-5-12(9-14(13)18(22)23)26-16-8-11-4-2-1-3-10(11)7-15(16)19(24)25/h1-9H,(H,20,21)(H,22,23)(H,24,25). The molecule has 3 aromatic rings. The van der Waals surface area contributed by atoms with Gasteiger partial charge in [-0.15, -0.1) is 0 Å². The van der Waals surface area contributed by atoms with Crippen molar-refractivity contribution in [1.29, 1.82) is 0 Å². The molecule has 0 aromatic heterocycles. The van der Waals surface area contributed by atoms with E-state index in [1.54, 1.807) is 24.3 Å². The van der Waals surface area contributed by atoms with Crippen molar-refractivity contribution >= 4 is 28.7 Å². The molecule has 0 aliphatic heterocycles. The number of hydrogen-bond donors (Lipinski definition) is 3. The number of hydrogen-bond acceptors (Lipinski definition) is 4. The van der Waals surface area contributed by atoms with Crippen LogP contribution in [0.4, 0.5) is 0 Å². The fourth-order valence-electron chi connectivity index (χ4n) is 2.55. The summed E-state index contributed by atoms with van der Waals surface area (Å²) >= 11 is 0. The second-order valence-corrected chi connectivity index (χ2v) is 5.42. The van der Waals surface area contributed by atoms with E-state index in [0.29, 0.717) is 5.39 Å². The third-order valence-electron chi connectivity index (χ3n) is 3.76. The Morgan fingerprint density at radius 1 is 0.654 bits per heavy atom. The summed E-state index contributed by atoms with van der Waals surface area (Å²) in [5.41, 5.74) is -0.933. The maximum Gasteiger partial charge on any atom is 0.339 e. The molecule has 0 amide bonds. The summed E-state index contributed by atoms with van der Waals surface area (Å²) < 4.78 is 5.57. The van der Waals surface area contributed by atoms with Crippen LogP contribution in [-0.2, 0) is 0 Å². The Kier molecular flexibility index (Phi) is 4.28. The molecule has 26 heavy (non-hydrogen) atoms. The number of benzene rings is 3. The van der Waals surface area contributed by atoms with Crippen LogP contribution in [0.2, 0.25) is 0 Å². The molecule has 3 rings (SSSR count). The van der Waals surface area contributed by atoms with Gasteiger partial charge in [0.25, 0.3) is 0 Å². The van der Waals surface area contributed by atoms with E-state index < -0.39 is 23.5 Å². The van der Waals surface area contributed by atoms with Crippen LogP contribution in [0.25, 0.3) is 10.8 Å². The minimum Gasteiger partial charge on any atom is -0.478 e. The van der Waals surface area contributed by atoms with Gasteiger partial charge in [0, 0.05) is 0 Å². The lowest BCUT2D eigenvalue weighted by molar-refractivity contribution is 0.0651. The summed E-state index contributed by atoms with van der Waals surface area (Å²) in [6.45, 7) is 0. The highest BCUT2D eigenvalue weighted by Gasteiger charge is 2.19. The first-order chi connectivity index (χ1) is 12.4. The molecule has 3 N–H and O–H groups in total. The highest BCUT2D eigenvalue weighted by atomic mass is 16.5. The van der Waals surface area contributed by atoms with Gasteiger partial charge in [-0.25, -0.2) is 14.4 Å². The molecule has 0 heterocycles. The normalized spacial score (nSPS) is 10.5. The molecule has 0 unspecified atom stereocenters. The molecular formula is C19H12O7. The number of carboxylic acids is 3. The Balaban J connectivity index is 2.09. The number of fused-ring (bicyclic) bond motifs is 1. The van der Waals surface area contributed by atoms with E-state index in [1.165, 1.54) is 18.2 Å². The van der Waals surface area contributed by atoms with Crippen LogP contribution in [0.1, 0.15) is 31.1 Å². The molecule has 0 bridgehead atoms. The molecule has 0 spiro atoms. The van der Waals surface area contributed by atoms with Crippen molar-refractivity contribution in [2.75, 3.05) is 0 Å². The van der Waals surface area contributed by atoms with Crippen molar-refractivity contribution in [3.8, 4) is 11.5 Å². The minimum atomic E-state index is -1.43. The van der Waals surface area contributed by atoms with Gasteiger partial charge in [0.2, 0.25) is 0 Å². The van der Waals surface area contributed by atoms with Crippen molar-refractivity contribution < 1.29 is 34.4 Å². The van der Waals surface area contributed by atoms with Crippen molar-refractivity contribution in [3.05, 3.63) is 71.3 Å². The first-order valence-electron chi connectivity index (χ1n) is 7.41. The predicted octanol–water partition coefficient (Wildman–Crippen LogP) is 3.73. The lowest BCUT2D eigenvalue weighted by Gasteiger charge is -2.12. The molecule has 130 valence electrons. The van der Waals surface area contributed by atoms with Gasteiger partial charge in [0.15, 0.2) is 0 Å². The van der Waals surface area contributed by atoms with E-state index in [1.807, 2.05) is 0 Å². The zero-order valence-corrected chi connectivity index (χ0v) is 13.2. The average Bonchev–Trinajstić information content (AvgIpc) is 2.60. The summed E-state index contributed by atoms with van der Waals surface area (Å²) in [7, 11) is 0. The van der Waals surface area contributed by atoms with Gasteiger partial charge in [-0.3, -0.25) is 0 Å². The Hall–Kier alpha value is -3.87. The molecule has 0 aliphatic rings. The first-order valence-corrected chi connectivity index (χ1v) is 7.41. The monoisotopic (exact) mass is 352 g/mol. The molecular weight excluding hydrogens is 340 g/mol. The van der Waals surface area contributed by atoms with Crippen LogP contribution in [0, 0.1) is 0 Å². The zero-order chi connectivity index (χ0) is 18.8. The summed E-state index contributed by atoms with van der Waals surface area (Å²) in [6, 6.07) is 13.5. The summed E-state index contributed by atoms with van der Waals surface area (Å²) in [5, 5.41) is 29.1. The van der Waals surface area contributed by atoms with Gasteiger partial charge in [-0.2, -0.15) is 0 Å². The smallest absolute Gasteiger partial charge is 0.339 e. The van der Waals surface area contributed by atoms with Gasteiger partial charge < -0.3 is 20.1 Å². The number of carboxylic acid groups (broad SMARTS) is 3. The lowest BCUT2D eigenvalue weighted by Crippen LogP contribution is -2.08. The highest BCUT2D eigenvalue weighted by Crippen LogP contribution is 2.31. The number of carbonyl (C=O) groups is 3. The molecule has 0 atom stereocenters. The number of rotatable bonds is 5. The predicted molar refractivity (Wildman–Crippen MR) is 91.3 cm³/mol. The SMILES string of the molecule is O=C(O)c1cc2ccccc2cc1Oc1ccc(C(=O)O)c(C(=O)O)c1. The van der Waals surface area contributed by atoms with E-state index in [9.17, 15) is 24.6 Å². The van der Waals surface area contributed by atoms with E-state index in [0.717, 1.165) is 17.5 Å². The quantitative estimate of drug-likeness (QED) is 0.639. The van der Waals surface area contributed by atoms with Gasteiger partial charge in [-0.05, 0) is 41.1 Å².